The first-order valence-electron chi connectivity index (χ1n) is 10.7. The normalized spacial score (nSPS) is 17.0. The number of hydrogen-bond acceptors (Lipinski definition) is 4. The lowest BCUT2D eigenvalue weighted by Crippen LogP contribution is -2.32. The number of carbonyl (C=O) groups is 1. The Labute approximate surface area is 178 Å². The molecule has 4 rings (SSSR count). The Morgan fingerprint density at radius 2 is 1.97 bits per heavy atom. The zero-order chi connectivity index (χ0) is 20.9. The Bertz CT molecular complexity index is 966. The number of carbonyl (C=O) groups excluding carboxylic acids is 1. The highest BCUT2D eigenvalue weighted by atomic mass is 16.5. The molecule has 156 valence electrons. The molecule has 3 heterocycles. The maximum atomic E-state index is 13.0. The van der Waals surface area contributed by atoms with E-state index in [4.69, 9.17) is 4.74 Å². The van der Waals surface area contributed by atoms with Gasteiger partial charge in [-0.3, -0.25) is 14.7 Å². The van der Waals surface area contributed by atoms with Gasteiger partial charge >= 0.3 is 0 Å². The summed E-state index contributed by atoms with van der Waals surface area (Å²) in [6, 6.07) is 11.8. The molecule has 2 aliphatic heterocycles. The van der Waals surface area contributed by atoms with Gasteiger partial charge in [0.15, 0.2) is 0 Å². The van der Waals surface area contributed by atoms with Crippen LogP contribution >= 0.6 is 0 Å². The smallest absolute Gasteiger partial charge is 0.261 e. The van der Waals surface area contributed by atoms with Crippen molar-refractivity contribution in [3.63, 3.8) is 0 Å². The number of fused-ring (bicyclic) bond motifs is 1. The van der Waals surface area contributed by atoms with E-state index >= 15 is 0 Å². The van der Waals surface area contributed by atoms with Crippen molar-refractivity contribution in [2.24, 2.45) is 0 Å². The van der Waals surface area contributed by atoms with Crippen LogP contribution in [0.3, 0.4) is 0 Å². The van der Waals surface area contributed by atoms with Crippen molar-refractivity contribution in [2.45, 2.75) is 33.1 Å². The Kier molecular flexibility index (Phi) is 6.29. The van der Waals surface area contributed by atoms with Crippen molar-refractivity contribution in [1.29, 1.82) is 0 Å². The number of amides is 1. The second kappa shape index (κ2) is 9.26. The molecule has 0 spiro atoms. The molecular weight excluding hydrogens is 374 g/mol. The van der Waals surface area contributed by atoms with Crippen molar-refractivity contribution in [3.8, 4) is 5.75 Å². The number of rotatable bonds is 6. The summed E-state index contributed by atoms with van der Waals surface area (Å²) in [6.07, 6.45) is 8.91. The number of ether oxygens (including phenoxy) is 1. The summed E-state index contributed by atoms with van der Waals surface area (Å²) >= 11 is 0. The highest BCUT2D eigenvalue weighted by molar-refractivity contribution is 5.98. The Balaban J connectivity index is 1.28. The summed E-state index contributed by atoms with van der Waals surface area (Å²) in [5, 5.41) is 0. The number of allylic oxidation sites excluding steroid dienone is 1. The lowest BCUT2D eigenvalue weighted by atomic mass is 10.0. The predicted octanol–water partition coefficient (Wildman–Crippen LogP) is 4.66. The number of aryl methyl sites for hydroxylation is 1. The molecular formula is C25H29N3O2. The summed E-state index contributed by atoms with van der Waals surface area (Å²) < 4.78 is 5.72. The Morgan fingerprint density at radius 3 is 2.73 bits per heavy atom. The number of unbranched alkanes of at least 4 members (excludes halogenated alkanes) is 1. The molecule has 0 saturated carbocycles. The van der Waals surface area contributed by atoms with Crippen LogP contribution in [0.1, 0.15) is 47.8 Å². The third kappa shape index (κ3) is 4.62. The van der Waals surface area contributed by atoms with Gasteiger partial charge in [-0.1, -0.05) is 23.8 Å². The van der Waals surface area contributed by atoms with Gasteiger partial charge in [0.25, 0.3) is 5.91 Å². The van der Waals surface area contributed by atoms with Gasteiger partial charge in [-0.05, 0) is 69.5 Å². The second-order valence-electron chi connectivity index (χ2n) is 8.04. The maximum Gasteiger partial charge on any atom is 0.261 e. The number of aromatic nitrogens is 1. The van der Waals surface area contributed by atoms with E-state index in [0.29, 0.717) is 17.9 Å². The van der Waals surface area contributed by atoms with E-state index in [1.165, 1.54) is 5.57 Å². The molecule has 2 aromatic rings. The van der Waals surface area contributed by atoms with Crippen LogP contribution in [0.2, 0.25) is 0 Å². The van der Waals surface area contributed by atoms with E-state index in [1.807, 2.05) is 55.3 Å². The largest absolute Gasteiger partial charge is 0.462 e. The molecule has 5 heteroatoms. The summed E-state index contributed by atoms with van der Waals surface area (Å²) in [4.78, 5) is 21.8. The van der Waals surface area contributed by atoms with E-state index in [0.717, 1.165) is 55.9 Å². The van der Waals surface area contributed by atoms with Crippen LogP contribution in [0, 0.1) is 6.92 Å². The molecule has 1 amide bonds. The van der Waals surface area contributed by atoms with Gasteiger partial charge in [-0.25, -0.2) is 0 Å². The van der Waals surface area contributed by atoms with E-state index < -0.39 is 0 Å². The van der Waals surface area contributed by atoms with Crippen LogP contribution in [-0.2, 0) is 0 Å². The zero-order valence-electron chi connectivity index (χ0n) is 17.8. The first-order valence-corrected chi connectivity index (χ1v) is 10.7. The second-order valence-corrected chi connectivity index (χ2v) is 8.04. The topological polar surface area (TPSA) is 45.7 Å². The minimum atomic E-state index is 0.0286. The van der Waals surface area contributed by atoms with Gasteiger partial charge in [0.2, 0.25) is 0 Å². The highest BCUT2D eigenvalue weighted by Gasteiger charge is 2.24. The highest BCUT2D eigenvalue weighted by Crippen LogP contribution is 2.27. The predicted molar refractivity (Wildman–Crippen MR) is 119 cm³/mol. The third-order valence-corrected chi connectivity index (χ3v) is 5.79. The zero-order valence-corrected chi connectivity index (χ0v) is 17.8. The summed E-state index contributed by atoms with van der Waals surface area (Å²) in [7, 11) is 0. The van der Waals surface area contributed by atoms with Crippen molar-refractivity contribution in [2.75, 3.05) is 26.2 Å². The van der Waals surface area contributed by atoms with Crippen LogP contribution in [-0.4, -0.2) is 46.9 Å². The number of hydrogen-bond donors (Lipinski definition) is 0. The van der Waals surface area contributed by atoms with Gasteiger partial charge in [-0.2, -0.15) is 0 Å². The van der Waals surface area contributed by atoms with Gasteiger partial charge < -0.3 is 9.64 Å². The van der Waals surface area contributed by atoms with E-state index in [2.05, 4.69) is 22.0 Å². The SMILES string of the molecule is CC1=COc2ccc(C)cc2C(=O)N1CCCCN1CC=C(c2ccccn2)CC1. The molecule has 30 heavy (non-hydrogen) atoms. The molecule has 0 bridgehead atoms. The number of pyridine rings is 1. The molecule has 0 saturated heterocycles. The van der Waals surface area contributed by atoms with Gasteiger partial charge in [0.1, 0.15) is 12.0 Å². The molecule has 0 aliphatic carbocycles. The van der Waals surface area contributed by atoms with Gasteiger partial charge in [-0.15, -0.1) is 0 Å². The maximum absolute atomic E-state index is 13.0. The minimum absolute atomic E-state index is 0.0286. The first kappa shape index (κ1) is 20.4. The summed E-state index contributed by atoms with van der Waals surface area (Å²) in [5.41, 5.74) is 5.00. The Morgan fingerprint density at radius 1 is 1.10 bits per heavy atom. The van der Waals surface area contributed by atoms with Crippen LogP contribution in [0.15, 0.2) is 60.6 Å². The molecule has 2 aliphatic rings. The van der Waals surface area contributed by atoms with Crippen LogP contribution in [0.4, 0.5) is 0 Å². The fourth-order valence-corrected chi connectivity index (χ4v) is 4.01. The van der Waals surface area contributed by atoms with E-state index in [-0.39, 0.29) is 5.91 Å². The molecule has 1 aromatic carbocycles. The standard InChI is InChI=1S/C25H29N3O2/c1-19-8-9-24-22(17-19)25(29)28(20(2)18-30-24)14-6-5-13-27-15-10-21(11-16-27)23-7-3-4-12-26-23/h3-4,7-10,12,17-18H,5-6,11,13-16H2,1-2H3. The summed E-state index contributed by atoms with van der Waals surface area (Å²) in [5.74, 6) is 0.664. The Hall–Kier alpha value is -2.92. The fourth-order valence-electron chi connectivity index (χ4n) is 4.01. The molecule has 0 radical (unpaired) electrons. The molecule has 0 fully saturated rings. The van der Waals surface area contributed by atoms with Crippen molar-refractivity contribution in [1.82, 2.24) is 14.8 Å². The van der Waals surface area contributed by atoms with Gasteiger partial charge in [0, 0.05) is 25.8 Å². The molecule has 0 unspecified atom stereocenters. The monoisotopic (exact) mass is 403 g/mol. The number of nitrogens with zero attached hydrogens (tertiary/aromatic N) is 3. The van der Waals surface area contributed by atoms with Crippen LogP contribution in [0.25, 0.3) is 5.57 Å². The molecule has 1 aromatic heterocycles. The average molecular weight is 404 g/mol. The molecule has 0 atom stereocenters. The minimum Gasteiger partial charge on any atom is -0.462 e. The van der Waals surface area contributed by atoms with Crippen molar-refractivity contribution < 1.29 is 9.53 Å². The first-order chi connectivity index (χ1) is 14.6. The lowest BCUT2D eigenvalue weighted by Gasteiger charge is -2.27. The van der Waals surface area contributed by atoms with Crippen LogP contribution in [0.5, 0.6) is 5.75 Å². The quantitative estimate of drug-likeness (QED) is 0.659. The van der Waals surface area contributed by atoms with E-state index in [9.17, 15) is 4.79 Å². The third-order valence-electron chi connectivity index (χ3n) is 5.79. The fraction of sp³-hybridized carbons (Fsp3) is 0.360. The average Bonchev–Trinajstić information content (AvgIpc) is 2.89. The van der Waals surface area contributed by atoms with Crippen molar-refractivity contribution >= 4 is 11.5 Å². The number of benzene rings is 1. The lowest BCUT2D eigenvalue weighted by molar-refractivity contribution is 0.0804. The van der Waals surface area contributed by atoms with E-state index in [1.54, 1.807) is 6.26 Å². The molecule has 5 nitrogen and oxygen atoms in total. The summed E-state index contributed by atoms with van der Waals surface area (Å²) in [6.45, 7) is 7.71. The molecule has 0 N–H and O–H groups in total. The van der Waals surface area contributed by atoms with Crippen molar-refractivity contribution in [3.05, 3.63) is 77.5 Å². The van der Waals surface area contributed by atoms with Gasteiger partial charge in [0.05, 0.1) is 17.0 Å². The van der Waals surface area contributed by atoms with Crippen LogP contribution < -0.4 is 4.74 Å².